The Morgan fingerprint density at radius 2 is 1.88 bits per heavy atom. The molecule has 2 aromatic carbocycles. The Balaban J connectivity index is 1.77. The maximum Gasteiger partial charge on any atom is 0.254 e. The second-order valence-electron chi connectivity index (χ2n) is 8.22. The Hall–Kier alpha value is -3.41. The predicted molar refractivity (Wildman–Crippen MR) is 134 cm³/mol. The quantitative estimate of drug-likeness (QED) is 0.535. The third-order valence-corrected chi connectivity index (χ3v) is 5.98. The standard InChI is InChI=1S/C29H33NO4/c1-4-6-12-20-33-26-18-17-23(21-27(26)32-3)24-15-10-11-16-25(24)30-29(31)28(34-19-5-2)22-13-8-7-9-14-22/h2,7-9,13-14,17-18,21,24-25,28H,4,10-11,15-16,19-20H2,1,3H3,(H,30,31)/t24-,25+,28?/m0/s1. The van der Waals surface area contributed by atoms with Crippen molar-refractivity contribution in [3.05, 3.63) is 59.7 Å². The van der Waals surface area contributed by atoms with E-state index in [1.165, 1.54) is 0 Å². The van der Waals surface area contributed by atoms with E-state index in [1.54, 1.807) is 7.11 Å². The smallest absolute Gasteiger partial charge is 0.254 e. The summed E-state index contributed by atoms with van der Waals surface area (Å²) in [7, 11) is 1.64. The zero-order chi connectivity index (χ0) is 24.2. The first-order valence-electron chi connectivity index (χ1n) is 11.8. The monoisotopic (exact) mass is 459 g/mol. The van der Waals surface area contributed by atoms with Crippen LogP contribution >= 0.6 is 0 Å². The molecule has 2 aromatic rings. The van der Waals surface area contributed by atoms with Gasteiger partial charge in [-0.05, 0) is 36.1 Å². The van der Waals surface area contributed by atoms with Crippen LogP contribution in [0, 0.1) is 24.2 Å². The average Bonchev–Trinajstić information content (AvgIpc) is 2.88. The van der Waals surface area contributed by atoms with Gasteiger partial charge < -0.3 is 19.5 Å². The molecule has 0 aliphatic heterocycles. The van der Waals surface area contributed by atoms with Crippen LogP contribution in [0.25, 0.3) is 0 Å². The van der Waals surface area contributed by atoms with Crippen molar-refractivity contribution in [1.82, 2.24) is 5.32 Å². The van der Waals surface area contributed by atoms with Gasteiger partial charge in [-0.25, -0.2) is 0 Å². The summed E-state index contributed by atoms with van der Waals surface area (Å²) in [5, 5.41) is 3.25. The summed E-state index contributed by atoms with van der Waals surface area (Å²) >= 11 is 0. The molecule has 0 radical (unpaired) electrons. The molecular weight excluding hydrogens is 426 g/mol. The Kier molecular flexibility index (Phi) is 9.89. The Labute approximate surface area is 203 Å². The zero-order valence-electron chi connectivity index (χ0n) is 20.0. The fourth-order valence-electron chi connectivity index (χ4n) is 4.37. The van der Waals surface area contributed by atoms with Crippen LogP contribution in [0.3, 0.4) is 0 Å². The molecular formula is C29H33NO4. The highest BCUT2D eigenvalue weighted by Crippen LogP contribution is 2.38. The van der Waals surface area contributed by atoms with E-state index in [9.17, 15) is 4.79 Å². The minimum absolute atomic E-state index is 0.00575. The molecule has 5 heteroatoms. The van der Waals surface area contributed by atoms with E-state index >= 15 is 0 Å². The molecule has 1 unspecified atom stereocenters. The van der Waals surface area contributed by atoms with Crippen molar-refractivity contribution in [2.45, 2.75) is 57.1 Å². The van der Waals surface area contributed by atoms with Gasteiger partial charge in [-0.1, -0.05) is 68.0 Å². The Bertz CT molecular complexity index is 1030. The molecule has 0 heterocycles. The second kappa shape index (κ2) is 13.3. The molecule has 1 aliphatic rings. The number of benzene rings is 2. The number of carbonyl (C=O) groups is 1. The summed E-state index contributed by atoms with van der Waals surface area (Å²) in [6.07, 6.45) is 9.51. The van der Waals surface area contributed by atoms with E-state index in [-0.39, 0.29) is 24.5 Å². The van der Waals surface area contributed by atoms with Crippen molar-refractivity contribution in [2.24, 2.45) is 0 Å². The lowest BCUT2D eigenvalue weighted by Crippen LogP contribution is -2.43. The number of carbonyl (C=O) groups excluding carboxylic acids is 1. The van der Waals surface area contributed by atoms with Gasteiger partial charge in [0.1, 0.15) is 13.2 Å². The third-order valence-electron chi connectivity index (χ3n) is 5.98. The predicted octanol–water partition coefficient (Wildman–Crippen LogP) is 5.02. The molecule has 5 nitrogen and oxygen atoms in total. The van der Waals surface area contributed by atoms with Crippen LogP contribution in [0.2, 0.25) is 0 Å². The molecule has 1 amide bonds. The van der Waals surface area contributed by atoms with Gasteiger partial charge in [-0.2, -0.15) is 0 Å². The minimum atomic E-state index is -0.741. The first-order valence-corrected chi connectivity index (χ1v) is 11.8. The maximum atomic E-state index is 13.3. The maximum absolute atomic E-state index is 13.3. The van der Waals surface area contributed by atoms with Crippen molar-refractivity contribution in [3.63, 3.8) is 0 Å². The van der Waals surface area contributed by atoms with Crippen molar-refractivity contribution < 1.29 is 19.0 Å². The number of amides is 1. The van der Waals surface area contributed by atoms with Gasteiger partial charge in [0.25, 0.3) is 5.91 Å². The summed E-state index contributed by atoms with van der Waals surface area (Å²) in [6.45, 7) is 2.40. The van der Waals surface area contributed by atoms with E-state index < -0.39 is 6.10 Å². The number of hydrogen-bond donors (Lipinski definition) is 1. The van der Waals surface area contributed by atoms with Gasteiger partial charge in [-0.3, -0.25) is 4.79 Å². The molecule has 34 heavy (non-hydrogen) atoms. The van der Waals surface area contributed by atoms with Gasteiger partial charge in [0.15, 0.2) is 17.6 Å². The lowest BCUT2D eigenvalue weighted by Gasteiger charge is -2.34. The number of ether oxygens (including phenoxy) is 3. The number of rotatable bonds is 9. The van der Waals surface area contributed by atoms with E-state index in [4.69, 9.17) is 20.6 Å². The van der Waals surface area contributed by atoms with Crippen LogP contribution in [-0.2, 0) is 9.53 Å². The molecule has 0 bridgehead atoms. The summed E-state index contributed by atoms with van der Waals surface area (Å²) in [6, 6.07) is 15.5. The summed E-state index contributed by atoms with van der Waals surface area (Å²) in [4.78, 5) is 13.3. The van der Waals surface area contributed by atoms with Crippen LogP contribution in [-0.4, -0.2) is 32.3 Å². The first-order chi connectivity index (χ1) is 16.7. The van der Waals surface area contributed by atoms with Crippen LogP contribution in [0.15, 0.2) is 48.5 Å². The van der Waals surface area contributed by atoms with Crippen molar-refractivity contribution in [3.8, 4) is 35.7 Å². The van der Waals surface area contributed by atoms with Gasteiger partial charge in [0.2, 0.25) is 0 Å². The van der Waals surface area contributed by atoms with Crippen molar-refractivity contribution in [2.75, 3.05) is 20.3 Å². The minimum Gasteiger partial charge on any atom is -0.493 e. The fraction of sp³-hybridized carbons (Fsp3) is 0.414. The highest BCUT2D eigenvalue weighted by Gasteiger charge is 2.31. The number of terminal acetylenes is 1. The highest BCUT2D eigenvalue weighted by molar-refractivity contribution is 5.82. The fourth-order valence-corrected chi connectivity index (χ4v) is 4.37. The normalized spacial score (nSPS) is 18.0. The summed E-state index contributed by atoms with van der Waals surface area (Å²) in [5.74, 6) is 9.79. The van der Waals surface area contributed by atoms with Crippen LogP contribution in [0.5, 0.6) is 11.5 Å². The lowest BCUT2D eigenvalue weighted by atomic mass is 9.79. The topological polar surface area (TPSA) is 56.8 Å². The number of hydrogen-bond acceptors (Lipinski definition) is 4. The summed E-state index contributed by atoms with van der Waals surface area (Å²) < 4.78 is 17.1. The van der Waals surface area contributed by atoms with Gasteiger partial charge in [0, 0.05) is 18.4 Å². The molecule has 1 saturated carbocycles. The van der Waals surface area contributed by atoms with E-state index in [0.29, 0.717) is 18.1 Å². The lowest BCUT2D eigenvalue weighted by molar-refractivity contribution is -0.133. The van der Waals surface area contributed by atoms with E-state index in [0.717, 1.165) is 43.2 Å². The van der Waals surface area contributed by atoms with Gasteiger partial charge in [0.05, 0.1) is 7.11 Å². The van der Waals surface area contributed by atoms with Gasteiger partial charge in [-0.15, -0.1) is 12.3 Å². The first kappa shape index (κ1) is 25.2. The third kappa shape index (κ3) is 6.80. The Morgan fingerprint density at radius 3 is 2.62 bits per heavy atom. The van der Waals surface area contributed by atoms with E-state index in [1.807, 2.05) is 49.4 Å². The molecule has 1 aliphatic carbocycles. The number of methoxy groups -OCH3 is 1. The van der Waals surface area contributed by atoms with E-state index in [2.05, 4.69) is 29.1 Å². The molecule has 1 N–H and O–H groups in total. The summed E-state index contributed by atoms with van der Waals surface area (Å²) in [5.41, 5.74) is 1.91. The molecule has 0 spiro atoms. The molecule has 0 saturated heterocycles. The largest absolute Gasteiger partial charge is 0.493 e. The molecule has 3 rings (SSSR count). The SMILES string of the molecule is C#CCOC(C(=O)N[C@@H]1CCCC[C@H]1c1ccc(OCC#CCC)c(OC)c1)c1ccccc1. The van der Waals surface area contributed by atoms with Crippen molar-refractivity contribution >= 4 is 5.91 Å². The average molecular weight is 460 g/mol. The highest BCUT2D eigenvalue weighted by atomic mass is 16.5. The molecule has 3 atom stereocenters. The Morgan fingerprint density at radius 1 is 1.09 bits per heavy atom. The zero-order valence-corrected chi connectivity index (χ0v) is 20.0. The number of nitrogens with one attached hydrogen (secondary N) is 1. The van der Waals surface area contributed by atoms with Crippen LogP contribution in [0.4, 0.5) is 0 Å². The van der Waals surface area contributed by atoms with Crippen molar-refractivity contribution in [1.29, 1.82) is 0 Å². The molecule has 0 aromatic heterocycles. The van der Waals surface area contributed by atoms with Crippen LogP contribution in [0.1, 0.15) is 62.2 Å². The van der Waals surface area contributed by atoms with Gasteiger partial charge >= 0.3 is 0 Å². The molecule has 178 valence electrons. The second-order valence-corrected chi connectivity index (χ2v) is 8.22. The molecule has 1 fully saturated rings. The van der Waals surface area contributed by atoms with Crippen LogP contribution < -0.4 is 14.8 Å².